The van der Waals surface area contributed by atoms with Crippen LogP contribution in [0.5, 0.6) is 0 Å². The van der Waals surface area contributed by atoms with Crippen molar-refractivity contribution in [2.45, 2.75) is 57.2 Å². The number of unbranched alkanes of at least 4 members (excludes halogenated alkanes) is 1. The van der Waals surface area contributed by atoms with Crippen LogP contribution in [-0.2, 0) is 9.53 Å². The topological polar surface area (TPSA) is 119 Å². The number of hydrogen-bond donors (Lipinski definition) is 5. The second kappa shape index (κ2) is 8.17. The predicted molar refractivity (Wildman–Crippen MR) is 75.5 cm³/mol. The van der Waals surface area contributed by atoms with Crippen molar-refractivity contribution in [3.8, 4) is 0 Å². The Balaban J connectivity index is 2.21. The van der Waals surface area contributed by atoms with Gasteiger partial charge >= 0.3 is 0 Å². The molecular formula is C14H27NO6. The van der Waals surface area contributed by atoms with Crippen molar-refractivity contribution >= 4 is 5.78 Å². The van der Waals surface area contributed by atoms with Gasteiger partial charge in [-0.1, -0.05) is 13.3 Å². The molecule has 0 amide bonds. The Kier molecular flexibility index (Phi) is 7.19. The average molecular weight is 305 g/mol. The monoisotopic (exact) mass is 305 g/mol. The first-order valence-corrected chi connectivity index (χ1v) is 7.39. The van der Waals surface area contributed by atoms with Crippen molar-refractivity contribution in [1.82, 2.24) is 5.32 Å². The fraction of sp³-hybridized carbons (Fsp3) is 0.929. The summed E-state index contributed by atoms with van der Waals surface area (Å²) < 4.78 is 5.03. The zero-order valence-corrected chi connectivity index (χ0v) is 12.7. The maximum atomic E-state index is 11.1. The van der Waals surface area contributed by atoms with Gasteiger partial charge in [0.2, 0.25) is 5.79 Å². The van der Waals surface area contributed by atoms with Crippen LogP contribution in [0.25, 0.3) is 0 Å². The molecule has 1 heterocycles. The Morgan fingerprint density at radius 3 is 2.67 bits per heavy atom. The molecule has 0 aromatic carbocycles. The number of carbonyl (C=O) groups excluding carboxylic acids is 1. The molecule has 0 aliphatic carbocycles. The van der Waals surface area contributed by atoms with Gasteiger partial charge in [0.1, 0.15) is 24.1 Å². The van der Waals surface area contributed by atoms with Crippen molar-refractivity contribution in [3.05, 3.63) is 0 Å². The van der Waals surface area contributed by atoms with Gasteiger partial charge in [-0.05, 0) is 26.3 Å². The lowest BCUT2D eigenvalue weighted by Crippen LogP contribution is -2.64. The zero-order chi connectivity index (χ0) is 16.0. The van der Waals surface area contributed by atoms with Gasteiger partial charge in [-0.2, -0.15) is 0 Å². The molecule has 1 rings (SSSR count). The van der Waals surface area contributed by atoms with Crippen molar-refractivity contribution in [1.29, 1.82) is 0 Å². The maximum Gasteiger partial charge on any atom is 0.207 e. The minimum Gasteiger partial charge on any atom is -0.388 e. The lowest BCUT2D eigenvalue weighted by molar-refractivity contribution is -0.317. The predicted octanol–water partition coefficient (Wildman–Crippen LogP) is -1.23. The van der Waals surface area contributed by atoms with E-state index in [0.717, 1.165) is 19.3 Å². The number of aliphatic hydroxyl groups is 4. The molecule has 5 N–H and O–H groups in total. The van der Waals surface area contributed by atoms with Crippen LogP contribution in [0, 0.1) is 5.92 Å². The highest BCUT2D eigenvalue weighted by atomic mass is 16.6. The Hall–Kier alpha value is -0.570. The largest absolute Gasteiger partial charge is 0.388 e. The van der Waals surface area contributed by atoms with E-state index < -0.39 is 24.1 Å². The van der Waals surface area contributed by atoms with E-state index in [1.165, 1.54) is 0 Å². The summed E-state index contributed by atoms with van der Waals surface area (Å²) in [6, 6.07) is 0. The smallest absolute Gasteiger partial charge is 0.207 e. The maximum absolute atomic E-state index is 11.1. The molecule has 0 bridgehead atoms. The van der Waals surface area contributed by atoms with Crippen LogP contribution in [0.3, 0.4) is 0 Å². The summed E-state index contributed by atoms with van der Waals surface area (Å²) in [5, 5.41) is 41.6. The summed E-state index contributed by atoms with van der Waals surface area (Å²) in [7, 11) is 0. The van der Waals surface area contributed by atoms with Gasteiger partial charge in [0.25, 0.3) is 0 Å². The highest BCUT2D eigenvalue weighted by Gasteiger charge is 2.47. The van der Waals surface area contributed by atoms with Crippen molar-refractivity contribution < 1.29 is 30.0 Å². The average Bonchev–Trinajstić information content (AvgIpc) is 2.44. The SMILES string of the molecule is CC(=O)[C@@H](C)CCCCNCC1(O)OCC(O)C(O)C1O. The summed E-state index contributed by atoms with van der Waals surface area (Å²) in [4.78, 5) is 11.1. The highest BCUT2D eigenvalue weighted by Crippen LogP contribution is 2.23. The highest BCUT2D eigenvalue weighted by molar-refractivity contribution is 5.77. The molecule has 7 heteroatoms. The molecule has 0 aromatic rings. The van der Waals surface area contributed by atoms with Gasteiger partial charge in [-0.3, -0.25) is 4.79 Å². The number of Topliss-reactive ketones (excluding diaryl/α,β-unsaturated/α-hetero) is 1. The minimum atomic E-state index is -1.90. The number of ketones is 1. The summed E-state index contributed by atoms with van der Waals surface area (Å²) in [5.41, 5.74) is 0. The third kappa shape index (κ3) is 5.28. The molecule has 1 fully saturated rings. The molecule has 4 unspecified atom stereocenters. The van der Waals surface area contributed by atoms with Gasteiger partial charge in [0.15, 0.2) is 0 Å². The molecule has 0 spiro atoms. The first kappa shape index (κ1) is 18.5. The van der Waals surface area contributed by atoms with E-state index in [0.29, 0.717) is 6.54 Å². The van der Waals surface area contributed by atoms with Crippen LogP contribution >= 0.6 is 0 Å². The van der Waals surface area contributed by atoms with E-state index in [1.807, 2.05) is 6.92 Å². The molecule has 0 radical (unpaired) electrons. The van der Waals surface area contributed by atoms with Crippen molar-refractivity contribution in [3.63, 3.8) is 0 Å². The first-order valence-electron chi connectivity index (χ1n) is 7.39. The van der Waals surface area contributed by atoms with E-state index >= 15 is 0 Å². The van der Waals surface area contributed by atoms with Crippen LogP contribution < -0.4 is 5.32 Å². The molecule has 21 heavy (non-hydrogen) atoms. The van der Waals surface area contributed by atoms with Gasteiger partial charge < -0.3 is 30.5 Å². The van der Waals surface area contributed by atoms with Gasteiger partial charge in [0.05, 0.1) is 13.2 Å². The van der Waals surface area contributed by atoms with E-state index in [9.17, 15) is 25.2 Å². The number of nitrogens with one attached hydrogen (secondary N) is 1. The number of ether oxygens (including phenoxy) is 1. The van der Waals surface area contributed by atoms with E-state index in [4.69, 9.17) is 4.74 Å². The number of hydrogen-bond acceptors (Lipinski definition) is 7. The molecule has 0 saturated carbocycles. The fourth-order valence-electron chi connectivity index (χ4n) is 2.22. The molecule has 0 aromatic heterocycles. The second-order valence-electron chi connectivity index (χ2n) is 5.84. The molecule has 1 aliphatic rings. The van der Waals surface area contributed by atoms with Crippen molar-refractivity contribution in [2.24, 2.45) is 5.92 Å². The number of carbonyl (C=O) groups is 1. The van der Waals surface area contributed by atoms with Gasteiger partial charge in [-0.25, -0.2) is 0 Å². The van der Waals surface area contributed by atoms with Crippen LogP contribution in [0.2, 0.25) is 0 Å². The Labute approximate surface area is 124 Å². The van der Waals surface area contributed by atoms with Gasteiger partial charge in [0, 0.05) is 5.92 Å². The minimum absolute atomic E-state index is 0.0415. The van der Waals surface area contributed by atoms with Crippen LogP contribution in [0.15, 0.2) is 0 Å². The third-order valence-corrected chi connectivity index (χ3v) is 4.00. The molecule has 5 atom stereocenters. The second-order valence-corrected chi connectivity index (χ2v) is 5.84. The molecule has 1 saturated heterocycles. The summed E-state index contributed by atoms with van der Waals surface area (Å²) in [6.45, 7) is 3.81. The Morgan fingerprint density at radius 1 is 1.38 bits per heavy atom. The van der Waals surface area contributed by atoms with Crippen LogP contribution in [0.1, 0.15) is 33.1 Å². The summed E-state index contributed by atoms with van der Waals surface area (Å²) in [6.07, 6.45) is -1.65. The first-order chi connectivity index (χ1) is 9.78. The van der Waals surface area contributed by atoms with E-state index in [2.05, 4.69) is 5.32 Å². The molecule has 7 nitrogen and oxygen atoms in total. The van der Waals surface area contributed by atoms with E-state index in [-0.39, 0.29) is 24.9 Å². The molecule has 1 aliphatic heterocycles. The quantitative estimate of drug-likeness (QED) is 0.356. The normalized spacial score (nSPS) is 34.7. The lowest BCUT2D eigenvalue weighted by Gasteiger charge is -2.41. The molecule has 124 valence electrons. The number of aliphatic hydroxyl groups excluding tert-OH is 3. The lowest BCUT2D eigenvalue weighted by atomic mass is 9.96. The van der Waals surface area contributed by atoms with Gasteiger partial charge in [-0.15, -0.1) is 0 Å². The standard InChI is InChI=1S/C14H27NO6/c1-9(10(2)16)5-3-4-6-15-8-14(20)13(19)12(18)11(17)7-21-14/h9,11-13,15,17-20H,3-8H2,1-2H3/t9-,11?,12?,13?,14?/m0/s1. The fourth-order valence-corrected chi connectivity index (χ4v) is 2.22. The van der Waals surface area contributed by atoms with E-state index in [1.54, 1.807) is 6.92 Å². The van der Waals surface area contributed by atoms with Crippen LogP contribution in [0.4, 0.5) is 0 Å². The van der Waals surface area contributed by atoms with Crippen LogP contribution in [-0.4, -0.2) is 70.0 Å². The van der Waals surface area contributed by atoms with Crippen molar-refractivity contribution in [2.75, 3.05) is 19.7 Å². The number of rotatable bonds is 8. The Morgan fingerprint density at radius 2 is 2.05 bits per heavy atom. The third-order valence-electron chi connectivity index (χ3n) is 4.00. The molecular weight excluding hydrogens is 278 g/mol. The summed E-state index contributed by atoms with van der Waals surface area (Å²) >= 11 is 0. The zero-order valence-electron chi connectivity index (χ0n) is 12.7. The Bertz CT molecular complexity index is 339. The summed E-state index contributed by atoms with van der Waals surface area (Å²) in [5.74, 6) is -1.65.